The number of hydrogen-bond donors (Lipinski definition) is 1. The number of nitrogens with one attached hydrogen (secondary N) is 1. The number of piperidine rings is 1. The van der Waals surface area contributed by atoms with Gasteiger partial charge in [-0.2, -0.15) is 0 Å². The minimum atomic E-state index is -0.345. The molecular weight excluding hydrogens is 330 g/mol. The van der Waals surface area contributed by atoms with Crippen LogP contribution in [-0.2, 0) is 9.59 Å². The second-order valence-electron chi connectivity index (χ2n) is 5.17. The Hall–Kier alpha value is -1.94. The number of benzene rings is 2. The van der Waals surface area contributed by atoms with Crippen molar-refractivity contribution in [2.75, 3.05) is 0 Å². The maximum atomic E-state index is 12.4. The van der Waals surface area contributed by atoms with Gasteiger partial charge in [-0.25, -0.2) is 0 Å². The molecule has 4 heteroatoms. The van der Waals surface area contributed by atoms with Gasteiger partial charge in [0.15, 0.2) is 0 Å². The van der Waals surface area contributed by atoms with Gasteiger partial charge in [0.05, 0.1) is 5.92 Å². The molecule has 0 aliphatic carbocycles. The fraction of sp³-hybridized carbons (Fsp3) is 0.176. The summed E-state index contributed by atoms with van der Waals surface area (Å²) in [6.45, 7) is 0. The lowest BCUT2D eigenvalue weighted by Gasteiger charge is -2.30. The van der Waals surface area contributed by atoms with Crippen molar-refractivity contribution in [2.24, 2.45) is 0 Å². The van der Waals surface area contributed by atoms with E-state index in [2.05, 4.69) is 21.2 Å². The SMILES string of the molecule is O=C1CC(c2ccccc2)C(c2cccc(Br)c2)C(=O)N1. The molecule has 0 saturated carbocycles. The maximum absolute atomic E-state index is 12.4. The van der Waals surface area contributed by atoms with Crippen LogP contribution in [0.15, 0.2) is 59.1 Å². The van der Waals surface area contributed by atoms with Gasteiger partial charge in [0.1, 0.15) is 0 Å². The Kier molecular flexibility index (Phi) is 3.88. The molecule has 3 nitrogen and oxygen atoms in total. The third kappa shape index (κ3) is 2.90. The van der Waals surface area contributed by atoms with Gasteiger partial charge in [0.25, 0.3) is 0 Å². The normalized spacial score (nSPS) is 22.0. The van der Waals surface area contributed by atoms with Crippen molar-refractivity contribution in [3.8, 4) is 0 Å². The molecule has 1 fully saturated rings. The van der Waals surface area contributed by atoms with E-state index < -0.39 is 0 Å². The number of amides is 2. The molecule has 2 atom stereocenters. The van der Waals surface area contributed by atoms with Crippen molar-refractivity contribution in [1.29, 1.82) is 0 Å². The zero-order valence-electron chi connectivity index (χ0n) is 11.3. The van der Waals surface area contributed by atoms with Gasteiger partial charge in [0.2, 0.25) is 11.8 Å². The largest absolute Gasteiger partial charge is 0.296 e. The van der Waals surface area contributed by atoms with E-state index in [0.29, 0.717) is 6.42 Å². The highest BCUT2D eigenvalue weighted by molar-refractivity contribution is 9.10. The van der Waals surface area contributed by atoms with Crippen LogP contribution in [0.4, 0.5) is 0 Å². The van der Waals surface area contributed by atoms with Crippen LogP contribution in [-0.4, -0.2) is 11.8 Å². The average Bonchev–Trinajstić information content (AvgIpc) is 2.47. The summed E-state index contributed by atoms with van der Waals surface area (Å²) in [5.41, 5.74) is 1.94. The standard InChI is InChI=1S/C17H14BrNO2/c18-13-8-4-7-12(9-13)16-14(10-15(20)19-17(16)21)11-5-2-1-3-6-11/h1-9,14,16H,10H2,(H,19,20,21). The first-order valence-electron chi connectivity index (χ1n) is 6.79. The van der Waals surface area contributed by atoms with Gasteiger partial charge in [0, 0.05) is 16.8 Å². The summed E-state index contributed by atoms with van der Waals surface area (Å²) in [6, 6.07) is 17.5. The lowest BCUT2D eigenvalue weighted by atomic mass is 9.76. The van der Waals surface area contributed by atoms with Gasteiger partial charge in [-0.3, -0.25) is 14.9 Å². The molecule has 0 spiro atoms. The fourth-order valence-electron chi connectivity index (χ4n) is 2.86. The van der Waals surface area contributed by atoms with Gasteiger partial charge in [-0.15, -0.1) is 0 Å². The molecule has 21 heavy (non-hydrogen) atoms. The Morgan fingerprint density at radius 3 is 2.38 bits per heavy atom. The first kappa shape index (κ1) is 14.0. The minimum absolute atomic E-state index is 0.123. The monoisotopic (exact) mass is 343 g/mol. The number of imide groups is 1. The molecule has 1 heterocycles. The Balaban J connectivity index is 2.05. The van der Waals surface area contributed by atoms with Crippen LogP contribution in [0.5, 0.6) is 0 Å². The van der Waals surface area contributed by atoms with Crippen molar-refractivity contribution in [1.82, 2.24) is 5.32 Å². The van der Waals surface area contributed by atoms with E-state index in [1.54, 1.807) is 0 Å². The zero-order chi connectivity index (χ0) is 14.8. The highest BCUT2D eigenvalue weighted by Crippen LogP contribution is 2.38. The number of hydrogen-bond acceptors (Lipinski definition) is 2. The molecule has 1 aliphatic rings. The number of rotatable bonds is 2. The van der Waals surface area contributed by atoms with E-state index in [0.717, 1.165) is 15.6 Å². The lowest BCUT2D eigenvalue weighted by Crippen LogP contribution is -2.43. The van der Waals surface area contributed by atoms with Crippen LogP contribution >= 0.6 is 15.9 Å². The predicted molar refractivity (Wildman–Crippen MR) is 83.8 cm³/mol. The van der Waals surface area contributed by atoms with Crippen LogP contribution in [0.3, 0.4) is 0 Å². The van der Waals surface area contributed by atoms with E-state index in [1.165, 1.54) is 0 Å². The van der Waals surface area contributed by atoms with Crippen molar-refractivity contribution in [3.05, 3.63) is 70.2 Å². The van der Waals surface area contributed by atoms with Crippen LogP contribution in [0.25, 0.3) is 0 Å². The molecule has 2 aromatic rings. The Morgan fingerprint density at radius 2 is 1.67 bits per heavy atom. The number of carbonyl (C=O) groups is 2. The predicted octanol–water partition coefficient (Wildman–Crippen LogP) is 3.36. The molecular formula is C17H14BrNO2. The van der Waals surface area contributed by atoms with E-state index >= 15 is 0 Å². The molecule has 1 N–H and O–H groups in total. The smallest absolute Gasteiger partial charge is 0.234 e. The highest BCUT2D eigenvalue weighted by Gasteiger charge is 2.37. The van der Waals surface area contributed by atoms with Crippen LogP contribution < -0.4 is 5.32 Å². The summed E-state index contributed by atoms with van der Waals surface area (Å²) in [4.78, 5) is 24.1. The molecule has 0 aromatic heterocycles. The third-order valence-corrected chi connectivity index (χ3v) is 4.28. The van der Waals surface area contributed by atoms with Crippen molar-refractivity contribution in [2.45, 2.75) is 18.3 Å². The van der Waals surface area contributed by atoms with Crippen molar-refractivity contribution < 1.29 is 9.59 Å². The summed E-state index contributed by atoms with van der Waals surface area (Å²) in [6.07, 6.45) is 0.326. The van der Waals surface area contributed by atoms with E-state index in [4.69, 9.17) is 0 Å². The van der Waals surface area contributed by atoms with Gasteiger partial charge < -0.3 is 0 Å². The first-order chi connectivity index (χ1) is 10.1. The molecule has 106 valence electrons. The molecule has 2 amide bonds. The lowest BCUT2D eigenvalue weighted by molar-refractivity contribution is -0.135. The first-order valence-corrected chi connectivity index (χ1v) is 7.58. The van der Waals surface area contributed by atoms with Gasteiger partial charge in [-0.05, 0) is 23.3 Å². The molecule has 3 rings (SSSR count). The van der Waals surface area contributed by atoms with E-state index in [-0.39, 0.29) is 23.7 Å². The van der Waals surface area contributed by atoms with Crippen LogP contribution in [0.1, 0.15) is 29.4 Å². The summed E-state index contributed by atoms with van der Waals surface area (Å²) < 4.78 is 0.927. The minimum Gasteiger partial charge on any atom is -0.296 e. The fourth-order valence-corrected chi connectivity index (χ4v) is 3.28. The van der Waals surface area contributed by atoms with Crippen molar-refractivity contribution >= 4 is 27.7 Å². The maximum Gasteiger partial charge on any atom is 0.234 e. The number of halogens is 1. The van der Waals surface area contributed by atoms with E-state index in [1.807, 2.05) is 54.6 Å². The van der Waals surface area contributed by atoms with Crippen molar-refractivity contribution in [3.63, 3.8) is 0 Å². The third-order valence-electron chi connectivity index (χ3n) is 3.79. The average molecular weight is 344 g/mol. The summed E-state index contributed by atoms with van der Waals surface area (Å²) >= 11 is 3.44. The Bertz CT molecular complexity index is 684. The summed E-state index contributed by atoms with van der Waals surface area (Å²) in [5, 5.41) is 2.45. The van der Waals surface area contributed by atoms with Gasteiger partial charge in [-0.1, -0.05) is 58.4 Å². The van der Waals surface area contributed by atoms with Gasteiger partial charge >= 0.3 is 0 Å². The summed E-state index contributed by atoms with van der Waals surface area (Å²) in [7, 11) is 0. The molecule has 1 saturated heterocycles. The second kappa shape index (κ2) is 5.82. The molecule has 2 aromatic carbocycles. The quantitative estimate of drug-likeness (QED) is 0.849. The second-order valence-corrected chi connectivity index (χ2v) is 6.08. The number of carbonyl (C=O) groups excluding carboxylic acids is 2. The molecule has 0 bridgehead atoms. The zero-order valence-corrected chi connectivity index (χ0v) is 12.8. The molecule has 1 aliphatic heterocycles. The van der Waals surface area contributed by atoms with E-state index in [9.17, 15) is 9.59 Å². The molecule has 0 radical (unpaired) electrons. The summed E-state index contributed by atoms with van der Waals surface area (Å²) in [5.74, 6) is -0.900. The molecule has 2 unspecified atom stereocenters. The van der Waals surface area contributed by atoms with Crippen LogP contribution in [0.2, 0.25) is 0 Å². The topological polar surface area (TPSA) is 46.2 Å². The Morgan fingerprint density at radius 1 is 0.952 bits per heavy atom. The highest BCUT2D eigenvalue weighted by atomic mass is 79.9. The van der Waals surface area contributed by atoms with Crippen LogP contribution in [0, 0.1) is 0 Å². The Labute approximate surface area is 131 Å².